The number of nitrogens with zero attached hydrogens (tertiary/aromatic N) is 2. The van der Waals surface area contributed by atoms with E-state index in [9.17, 15) is 0 Å². The van der Waals surface area contributed by atoms with E-state index in [1.807, 2.05) is 6.92 Å². The predicted octanol–water partition coefficient (Wildman–Crippen LogP) is 2.02. The van der Waals surface area contributed by atoms with Crippen molar-refractivity contribution < 1.29 is 0 Å². The van der Waals surface area contributed by atoms with Gasteiger partial charge >= 0.3 is 0 Å². The maximum atomic E-state index is 6.00. The number of H-pyrrole nitrogens is 1. The predicted molar refractivity (Wildman–Crippen MR) is 56.0 cm³/mol. The molecule has 0 unspecified atom stereocenters. The van der Waals surface area contributed by atoms with Gasteiger partial charge in [0, 0.05) is 11.8 Å². The Bertz CT molecular complexity index is 464. The summed E-state index contributed by atoms with van der Waals surface area (Å²) in [4.78, 5) is 11.1. The van der Waals surface area contributed by atoms with Crippen molar-refractivity contribution in [2.75, 3.05) is 5.73 Å². The maximum absolute atomic E-state index is 6.00. The van der Waals surface area contributed by atoms with E-state index in [-0.39, 0.29) is 0 Å². The van der Waals surface area contributed by atoms with E-state index in [2.05, 4.69) is 15.0 Å². The Morgan fingerprint density at radius 3 is 2.86 bits per heavy atom. The molecule has 0 fully saturated rings. The summed E-state index contributed by atoms with van der Waals surface area (Å²) in [6, 6.07) is 1.80. The van der Waals surface area contributed by atoms with E-state index in [1.165, 1.54) is 0 Å². The van der Waals surface area contributed by atoms with Crippen molar-refractivity contribution in [2.24, 2.45) is 0 Å². The largest absolute Gasteiger partial charge is 0.382 e. The number of anilines is 1. The van der Waals surface area contributed by atoms with Crippen LogP contribution < -0.4 is 5.73 Å². The van der Waals surface area contributed by atoms with Gasteiger partial charge in [-0.2, -0.15) is 0 Å². The number of aromatic nitrogens is 3. The molecule has 2 aromatic heterocycles. The van der Waals surface area contributed by atoms with Crippen molar-refractivity contribution in [3.8, 4) is 11.3 Å². The van der Waals surface area contributed by atoms with Crippen molar-refractivity contribution in [3.05, 3.63) is 29.3 Å². The minimum absolute atomic E-state index is 0.330. The van der Waals surface area contributed by atoms with Gasteiger partial charge in [0.2, 0.25) is 0 Å². The van der Waals surface area contributed by atoms with Gasteiger partial charge in [0.15, 0.2) is 0 Å². The fourth-order valence-electron chi connectivity index (χ4n) is 1.23. The van der Waals surface area contributed by atoms with Crippen molar-refractivity contribution in [2.45, 2.75) is 6.92 Å². The monoisotopic (exact) mass is 208 g/mol. The van der Waals surface area contributed by atoms with E-state index in [4.69, 9.17) is 17.3 Å². The molecule has 0 saturated carbocycles. The van der Waals surface area contributed by atoms with Gasteiger partial charge in [-0.05, 0) is 13.0 Å². The molecule has 72 valence electrons. The quantitative estimate of drug-likeness (QED) is 0.754. The number of nitrogens with two attached hydrogens (primary N) is 1. The molecule has 0 aliphatic carbocycles. The van der Waals surface area contributed by atoms with Crippen LogP contribution in [0.3, 0.4) is 0 Å². The lowest BCUT2D eigenvalue weighted by atomic mass is 10.2. The van der Waals surface area contributed by atoms with Crippen molar-refractivity contribution in [3.63, 3.8) is 0 Å². The van der Waals surface area contributed by atoms with E-state index < -0.39 is 0 Å². The van der Waals surface area contributed by atoms with Gasteiger partial charge in [0.25, 0.3) is 0 Å². The highest BCUT2D eigenvalue weighted by Crippen LogP contribution is 2.29. The van der Waals surface area contributed by atoms with Crippen LogP contribution in [0.4, 0.5) is 5.82 Å². The average Bonchev–Trinajstić information content (AvgIpc) is 2.57. The van der Waals surface area contributed by atoms with Crippen molar-refractivity contribution in [1.82, 2.24) is 15.0 Å². The number of halogens is 1. The third-order valence-electron chi connectivity index (χ3n) is 1.91. The van der Waals surface area contributed by atoms with Gasteiger partial charge in [-0.15, -0.1) is 0 Å². The smallest absolute Gasteiger partial charge is 0.142 e. The van der Waals surface area contributed by atoms with E-state index in [0.29, 0.717) is 10.8 Å². The molecule has 0 bridgehead atoms. The van der Waals surface area contributed by atoms with Crippen LogP contribution in [0.5, 0.6) is 0 Å². The number of nitrogen functional groups attached to an aromatic ring is 1. The SMILES string of the molecule is Cc1ncc(-c2ccnc(N)c2Cl)[nH]1. The van der Waals surface area contributed by atoms with E-state index in [1.54, 1.807) is 18.5 Å². The van der Waals surface area contributed by atoms with Crippen LogP contribution in [-0.2, 0) is 0 Å². The standard InChI is InChI=1S/C9H9ClN4/c1-5-13-4-7(14-5)6-2-3-12-9(11)8(6)10/h2-4H,1H3,(H2,11,12)(H,13,14). The zero-order valence-electron chi connectivity index (χ0n) is 7.58. The molecule has 0 aliphatic heterocycles. The Hall–Kier alpha value is -1.55. The summed E-state index contributed by atoms with van der Waals surface area (Å²) >= 11 is 6.00. The van der Waals surface area contributed by atoms with Crippen molar-refractivity contribution >= 4 is 17.4 Å². The molecule has 0 saturated heterocycles. The van der Waals surface area contributed by atoms with Crippen LogP contribution in [-0.4, -0.2) is 15.0 Å². The molecule has 3 N–H and O–H groups in total. The fourth-order valence-corrected chi connectivity index (χ4v) is 1.44. The molecule has 5 heteroatoms. The summed E-state index contributed by atoms with van der Waals surface area (Å²) in [5.74, 6) is 1.17. The first-order valence-corrected chi connectivity index (χ1v) is 4.48. The highest BCUT2D eigenvalue weighted by atomic mass is 35.5. The topological polar surface area (TPSA) is 67.6 Å². The lowest BCUT2D eigenvalue weighted by Crippen LogP contribution is -1.92. The van der Waals surface area contributed by atoms with Crippen LogP contribution in [0.2, 0.25) is 5.02 Å². The maximum Gasteiger partial charge on any atom is 0.142 e. The summed E-state index contributed by atoms with van der Waals surface area (Å²) in [5.41, 5.74) is 7.26. The molecule has 2 rings (SSSR count). The highest BCUT2D eigenvalue weighted by Gasteiger charge is 2.08. The molecule has 2 aromatic rings. The van der Waals surface area contributed by atoms with Gasteiger partial charge in [0.1, 0.15) is 11.6 Å². The average molecular weight is 209 g/mol. The second kappa shape index (κ2) is 3.31. The van der Waals surface area contributed by atoms with Crippen LogP contribution in [0.1, 0.15) is 5.82 Å². The second-order valence-electron chi connectivity index (χ2n) is 2.94. The number of nitrogens with one attached hydrogen (secondary N) is 1. The molecule has 14 heavy (non-hydrogen) atoms. The van der Waals surface area contributed by atoms with E-state index in [0.717, 1.165) is 17.1 Å². The third-order valence-corrected chi connectivity index (χ3v) is 2.31. The molecule has 0 amide bonds. The number of hydrogen-bond donors (Lipinski definition) is 2. The molecule has 2 heterocycles. The number of aromatic amines is 1. The first kappa shape index (κ1) is 9.02. The van der Waals surface area contributed by atoms with Gasteiger partial charge in [-0.3, -0.25) is 0 Å². The summed E-state index contributed by atoms with van der Waals surface area (Å²) in [6.07, 6.45) is 3.34. The highest BCUT2D eigenvalue weighted by molar-refractivity contribution is 6.35. The van der Waals surface area contributed by atoms with Crippen LogP contribution >= 0.6 is 11.6 Å². The molecule has 4 nitrogen and oxygen atoms in total. The van der Waals surface area contributed by atoms with Crippen LogP contribution in [0, 0.1) is 6.92 Å². The Balaban J connectivity index is 2.57. The Morgan fingerprint density at radius 1 is 1.43 bits per heavy atom. The fraction of sp³-hybridized carbons (Fsp3) is 0.111. The number of aryl methyl sites for hydroxylation is 1. The van der Waals surface area contributed by atoms with Crippen LogP contribution in [0.15, 0.2) is 18.5 Å². The zero-order valence-corrected chi connectivity index (χ0v) is 8.34. The summed E-state index contributed by atoms with van der Waals surface area (Å²) < 4.78 is 0. The molecular formula is C9H9ClN4. The molecule has 0 atom stereocenters. The molecule has 0 radical (unpaired) electrons. The molecule has 0 aliphatic rings. The first-order valence-electron chi connectivity index (χ1n) is 4.10. The Labute approximate surface area is 86.1 Å². The van der Waals surface area contributed by atoms with Crippen molar-refractivity contribution in [1.29, 1.82) is 0 Å². The van der Waals surface area contributed by atoms with Crippen LogP contribution in [0.25, 0.3) is 11.3 Å². The van der Waals surface area contributed by atoms with Gasteiger partial charge < -0.3 is 10.7 Å². The normalized spacial score (nSPS) is 10.4. The lowest BCUT2D eigenvalue weighted by molar-refractivity contribution is 1.15. The number of rotatable bonds is 1. The summed E-state index contributed by atoms with van der Waals surface area (Å²) in [5, 5.41) is 0.455. The zero-order chi connectivity index (χ0) is 10.1. The Morgan fingerprint density at radius 2 is 2.21 bits per heavy atom. The number of pyridine rings is 1. The molecule has 0 aromatic carbocycles. The number of imidazole rings is 1. The van der Waals surface area contributed by atoms with Gasteiger partial charge in [0.05, 0.1) is 16.9 Å². The van der Waals surface area contributed by atoms with Gasteiger partial charge in [-0.25, -0.2) is 9.97 Å². The molecular weight excluding hydrogens is 200 g/mol. The second-order valence-corrected chi connectivity index (χ2v) is 3.32. The first-order chi connectivity index (χ1) is 6.68. The minimum atomic E-state index is 0.330. The van der Waals surface area contributed by atoms with E-state index >= 15 is 0 Å². The summed E-state index contributed by atoms with van der Waals surface area (Å²) in [6.45, 7) is 1.88. The summed E-state index contributed by atoms with van der Waals surface area (Å²) in [7, 11) is 0. The van der Waals surface area contributed by atoms with Gasteiger partial charge in [-0.1, -0.05) is 11.6 Å². The minimum Gasteiger partial charge on any atom is -0.382 e. The number of hydrogen-bond acceptors (Lipinski definition) is 3. The Kier molecular flexibility index (Phi) is 2.13. The molecule has 0 spiro atoms. The lowest BCUT2D eigenvalue weighted by Gasteiger charge is -2.02. The third kappa shape index (κ3) is 1.44.